The second kappa shape index (κ2) is 6.34. The molecule has 1 aliphatic heterocycles. The van der Waals surface area contributed by atoms with Crippen LogP contribution in [0.1, 0.15) is 5.56 Å². The van der Waals surface area contributed by atoms with Gasteiger partial charge in [0.2, 0.25) is 0 Å². The number of halogens is 1. The summed E-state index contributed by atoms with van der Waals surface area (Å²) in [4.78, 5) is 14.9. The standard InChI is InChI=1S/C17H11ClN4O2S/c18-13-5-1-12(2-6-13)16-10-25-17-19-15(9-21(17)20-16)11-3-7-14(8-4-11)22(23)24/h1-9H,10H2. The van der Waals surface area contributed by atoms with Gasteiger partial charge in [-0.15, -0.1) is 0 Å². The molecule has 0 N–H and O–H groups in total. The van der Waals surface area contributed by atoms with Gasteiger partial charge in [0.25, 0.3) is 5.69 Å². The van der Waals surface area contributed by atoms with Crippen molar-refractivity contribution in [3.05, 3.63) is 75.4 Å². The molecule has 0 bridgehead atoms. The Labute approximate surface area is 152 Å². The minimum absolute atomic E-state index is 0.0603. The van der Waals surface area contributed by atoms with Crippen LogP contribution in [0, 0.1) is 10.1 Å². The minimum Gasteiger partial charge on any atom is -0.258 e. The number of non-ortho nitro benzene ring substituents is 1. The largest absolute Gasteiger partial charge is 0.269 e. The van der Waals surface area contributed by atoms with Crippen LogP contribution in [-0.4, -0.2) is 26.0 Å². The van der Waals surface area contributed by atoms with Crippen LogP contribution in [0.5, 0.6) is 0 Å². The van der Waals surface area contributed by atoms with E-state index in [1.807, 2.05) is 30.5 Å². The summed E-state index contributed by atoms with van der Waals surface area (Å²) in [5.41, 5.74) is 3.58. The van der Waals surface area contributed by atoms with E-state index in [-0.39, 0.29) is 5.69 Å². The molecule has 25 heavy (non-hydrogen) atoms. The molecule has 0 atom stereocenters. The maximum atomic E-state index is 10.8. The highest BCUT2D eigenvalue weighted by Crippen LogP contribution is 2.29. The molecule has 0 unspecified atom stereocenters. The highest BCUT2D eigenvalue weighted by Gasteiger charge is 2.18. The molecule has 4 rings (SSSR count). The number of hydrogen-bond acceptors (Lipinski definition) is 5. The van der Waals surface area contributed by atoms with Crippen LogP contribution >= 0.6 is 23.4 Å². The fourth-order valence-corrected chi connectivity index (χ4v) is 3.50. The normalized spacial score (nSPS) is 13.2. The average molecular weight is 371 g/mol. The molecule has 0 saturated heterocycles. The van der Waals surface area contributed by atoms with Crippen molar-refractivity contribution in [2.75, 3.05) is 5.75 Å². The van der Waals surface area contributed by atoms with E-state index in [4.69, 9.17) is 11.6 Å². The summed E-state index contributed by atoms with van der Waals surface area (Å²) in [6, 6.07) is 13.9. The van der Waals surface area contributed by atoms with E-state index < -0.39 is 4.92 Å². The number of rotatable bonds is 3. The van der Waals surface area contributed by atoms with Gasteiger partial charge in [0.05, 0.1) is 22.5 Å². The Bertz CT molecular complexity index is 981. The number of nitro groups is 1. The zero-order valence-electron chi connectivity index (χ0n) is 12.8. The molecule has 2 aromatic carbocycles. The van der Waals surface area contributed by atoms with Gasteiger partial charge >= 0.3 is 0 Å². The molecule has 3 aromatic rings. The molecule has 0 aliphatic carbocycles. The maximum absolute atomic E-state index is 10.8. The molecule has 0 spiro atoms. The molecule has 0 fully saturated rings. The lowest BCUT2D eigenvalue weighted by molar-refractivity contribution is -0.384. The Balaban J connectivity index is 1.66. The van der Waals surface area contributed by atoms with Crippen LogP contribution in [0.2, 0.25) is 5.02 Å². The van der Waals surface area contributed by atoms with E-state index in [0.29, 0.717) is 5.02 Å². The van der Waals surface area contributed by atoms with Gasteiger partial charge in [-0.3, -0.25) is 10.1 Å². The first-order chi connectivity index (χ1) is 12.1. The maximum Gasteiger partial charge on any atom is 0.269 e. The summed E-state index contributed by atoms with van der Waals surface area (Å²) in [5, 5.41) is 16.9. The number of benzene rings is 2. The molecule has 124 valence electrons. The van der Waals surface area contributed by atoms with Crippen molar-refractivity contribution in [2.45, 2.75) is 5.16 Å². The van der Waals surface area contributed by atoms with Gasteiger partial charge in [0, 0.05) is 28.5 Å². The molecule has 6 nitrogen and oxygen atoms in total. The Morgan fingerprint density at radius 2 is 1.76 bits per heavy atom. The van der Waals surface area contributed by atoms with E-state index in [1.54, 1.807) is 28.6 Å². The predicted molar refractivity (Wildman–Crippen MR) is 98.4 cm³/mol. The summed E-state index contributed by atoms with van der Waals surface area (Å²) in [7, 11) is 0. The van der Waals surface area contributed by atoms with Crippen molar-refractivity contribution in [3.63, 3.8) is 0 Å². The van der Waals surface area contributed by atoms with Crippen molar-refractivity contribution in [1.82, 2.24) is 9.66 Å². The van der Waals surface area contributed by atoms with Gasteiger partial charge in [-0.05, 0) is 29.8 Å². The third kappa shape index (κ3) is 3.16. The van der Waals surface area contributed by atoms with Crippen molar-refractivity contribution in [1.29, 1.82) is 0 Å². The lowest BCUT2D eigenvalue weighted by atomic mass is 10.1. The van der Waals surface area contributed by atoms with E-state index in [1.165, 1.54) is 12.1 Å². The Morgan fingerprint density at radius 3 is 2.44 bits per heavy atom. The molecular weight excluding hydrogens is 360 g/mol. The first kappa shape index (κ1) is 15.9. The molecular formula is C17H11ClN4O2S. The first-order valence-electron chi connectivity index (χ1n) is 7.41. The van der Waals surface area contributed by atoms with E-state index in [0.717, 1.165) is 33.4 Å². The Hall–Kier alpha value is -2.64. The summed E-state index contributed by atoms with van der Waals surface area (Å²) in [6.07, 6.45) is 1.83. The SMILES string of the molecule is O=[N+]([O-])c1ccc(-c2cn3c(n2)SCC(c2ccc(Cl)cc2)=N3)cc1. The monoisotopic (exact) mass is 370 g/mol. The number of nitro benzene ring substituents is 1. The summed E-state index contributed by atoms with van der Waals surface area (Å²) in [6.45, 7) is 0. The van der Waals surface area contributed by atoms with Crippen LogP contribution in [-0.2, 0) is 0 Å². The molecule has 8 heteroatoms. The topological polar surface area (TPSA) is 73.3 Å². The van der Waals surface area contributed by atoms with Crippen LogP contribution in [0.25, 0.3) is 11.3 Å². The van der Waals surface area contributed by atoms with E-state index in [2.05, 4.69) is 10.1 Å². The van der Waals surface area contributed by atoms with Gasteiger partial charge in [-0.2, -0.15) is 5.10 Å². The molecule has 1 aliphatic rings. The van der Waals surface area contributed by atoms with Gasteiger partial charge in [-0.25, -0.2) is 9.66 Å². The third-order valence-electron chi connectivity index (χ3n) is 3.77. The zero-order chi connectivity index (χ0) is 17.4. The zero-order valence-corrected chi connectivity index (χ0v) is 14.4. The number of imidazole rings is 1. The van der Waals surface area contributed by atoms with E-state index in [9.17, 15) is 10.1 Å². The second-order valence-electron chi connectivity index (χ2n) is 5.40. The number of nitrogens with zero attached hydrogens (tertiary/aromatic N) is 4. The van der Waals surface area contributed by atoms with Gasteiger partial charge in [0.15, 0.2) is 5.16 Å². The lowest BCUT2D eigenvalue weighted by Crippen LogP contribution is -2.12. The smallest absolute Gasteiger partial charge is 0.258 e. The summed E-state index contributed by atoms with van der Waals surface area (Å²) >= 11 is 7.53. The van der Waals surface area contributed by atoms with Gasteiger partial charge in [-0.1, -0.05) is 35.5 Å². The second-order valence-corrected chi connectivity index (χ2v) is 6.78. The molecule has 2 heterocycles. The number of hydrogen-bond donors (Lipinski definition) is 0. The van der Waals surface area contributed by atoms with Crippen LogP contribution in [0.4, 0.5) is 5.69 Å². The molecule has 0 amide bonds. The van der Waals surface area contributed by atoms with Crippen molar-refractivity contribution in [2.24, 2.45) is 5.10 Å². The highest BCUT2D eigenvalue weighted by atomic mass is 35.5. The van der Waals surface area contributed by atoms with Crippen LogP contribution in [0.15, 0.2) is 65.0 Å². The number of fused-ring (bicyclic) bond motifs is 1. The summed E-state index contributed by atoms with van der Waals surface area (Å²) < 4.78 is 1.74. The third-order valence-corrected chi connectivity index (χ3v) is 4.98. The quantitative estimate of drug-likeness (QED) is 0.503. The van der Waals surface area contributed by atoms with Crippen molar-refractivity contribution < 1.29 is 4.92 Å². The van der Waals surface area contributed by atoms with Gasteiger partial charge in [0.1, 0.15) is 0 Å². The van der Waals surface area contributed by atoms with Crippen molar-refractivity contribution in [3.8, 4) is 11.3 Å². The highest BCUT2D eigenvalue weighted by molar-refractivity contribution is 7.99. The Morgan fingerprint density at radius 1 is 1.08 bits per heavy atom. The first-order valence-corrected chi connectivity index (χ1v) is 8.77. The molecule has 1 aromatic heterocycles. The number of thioether (sulfide) groups is 1. The average Bonchev–Trinajstić information content (AvgIpc) is 3.05. The molecule has 0 saturated carbocycles. The summed E-state index contributed by atoms with van der Waals surface area (Å²) in [5.74, 6) is 0.721. The van der Waals surface area contributed by atoms with Crippen LogP contribution < -0.4 is 0 Å². The number of aromatic nitrogens is 2. The van der Waals surface area contributed by atoms with E-state index >= 15 is 0 Å². The fraction of sp³-hybridized carbons (Fsp3) is 0.0588. The predicted octanol–water partition coefficient (Wildman–Crippen LogP) is 4.47. The van der Waals surface area contributed by atoms with Gasteiger partial charge < -0.3 is 0 Å². The molecule has 0 radical (unpaired) electrons. The lowest BCUT2D eigenvalue weighted by Gasteiger charge is -2.12. The Kier molecular flexibility index (Phi) is 4.03. The fourth-order valence-electron chi connectivity index (χ4n) is 2.49. The van der Waals surface area contributed by atoms with Crippen molar-refractivity contribution >= 4 is 34.8 Å². The minimum atomic E-state index is -0.416. The van der Waals surface area contributed by atoms with Crippen LogP contribution in [0.3, 0.4) is 0 Å².